The maximum Gasteiger partial charge on any atom is 0.328 e. The monoisotopic (exact) mass is 337 g/mol. The number of hydrogen-bond acceptors (Lipinski definition) is 3. The fourth-order valence-corrected chi connectivity index (χ4v) is 3.99. The molecule has 4 rings (SSSR count). The van der Waals surface area contributed by atoms with Crippen molar-refractivity contribution >= 4 is 11.0 Å². The lowest BCUT2D eigenvalue weighted by Crippen LogP contribution is -2.41. The smallest absolute Gasteiger partial charge is 0.328 e. The van der Waals surface area contributed by atoms with Crippen molar-refractivity contribution in [2.75, 3.05) is 7.11 Å². The van der Waals surface area contributed by atoms with Crippen LogP contribution in [0.3, 0.4) is 0 Å². The summed E-state index contributed by atoms with van der Waals surface area (Å²) in [5.74, 6) is 2.22. The van der Waals surface area contributed by atoms with Crippen LogP contribution in [-0.2, 0) is 0 Å². The lowest BCUT2D eigenvalue weighted by Gasteiger charge is -2.31. The number of benzene rings is 1. The molecule has 3 heterocycles. The van der Waals surface area contributed by atoms with Gasteiger partial charge in [-0.05, 0) is 55.9 Å². The zero-order chi connectivity index (χ0) is 17.4. The summed E-state index contributed by atoms with van der Waals surface area (Å²) in [6.45, 7) is 4.52. The second-order valence-electron chi connectivity index (χ2n) is 7.10. The van der Waals surface area contributed by atoms with Crippen LogP contribution in [0.25, 0.3) is 22.4 Å². The molecule has 0 aliphatic carbocycles. The Hall–Kier alpha value is -2.40. The van der Waals surface area contributed by atoms with Crippen LogP contribution in [-0.4, -0.2) is 29.2 Å². The lowest BCUT2D eigenvalue weighted by atomic mass is 9.86. The summed E-state index contributed by atoms with van der Waals surface area (Å²) in [6.07, 6.45) is 4.20. The molecule has 1 saturated heterocycles. The number of methoxy groups -OCH3 is 1. The maximum atomic E-state index is 5.26. The van der Waals surface area contributed by atoms with E-state index in [1.54, 1.807) is 7.11 Å². The Morgan fingerprint density at radius 3 is 2.48 bits per heavy atom. The molecule has 0 saturated carbocycles. The first kappa shape index (κ1) is 16.1. The van der Waals surface area contributed by atoms with Crippen LogP contribution in [0.5, 0.6) is 5.75 Å². The van der Waals surface area contributed by atoms with Gasteiger partial charge in [-0.25, -0.2) is 4.98 Å². The van der Waals surface area contributed by atoms with Gasteiger partial charge in [0.25, 0.3) is 0 Å². The fourth-order valence-electron chi connectivity index (χ4n) is 3.99. The molecule has 1 aliphatic rings. The molecule has 0 spiro atoms. The summed E-state index contributed by atoms with van der Waals surface area (Å²) in [4.78, 5) is 11.9. The van der Waals surface area contributed by atoms with E-state index in [0.29, 0.717) is 18.0 Å². The van der Waals surface area contributed by atoms with E-state index >= 15 is 0 Å². The van der Waals surface area contributed by atoms with Crippen LogP contribution in [0.4, 0.5) is 0 Å². The molecular weight excluding hydrogens is 312 g/mol. The van der Waals surface area contributed by atoms with Gasteiger partial charge in [-0.15, -0.1) is 0 Å². The Bertz CT molecular complexity index is 861. The third kappa shape index (κ3) is 3.12. The van der Waals surface area contributed by atoms with Gasteiger partial charge in [0.2, 0.25) is 0 Å². The number of ether oxygens (including phenoxy) is 1. The van der Waals surface area contributed by atoms with Crippen molar-refractivity contribution in [2.45, 2.75) is 44.7 Å². The lowest BCUT2D eigenvalue weighted by molar-refractivity contribution is -0.335. The standard InChI is InChI=1S/C20H24N4O/c1-12-10-15(11-13(2)22-12)18-19-17(8-9-21-19)23-20(24-18)14-4-6-16(25-3)7-5-14/h4-9,12-13,15,21-22H,10-11H2,1-3H3/p+1. The predicted octanol–water partition coefficient (Wildman–Crippen LogP) is 3.30. The number of hydrogen-bond donors (Lipinski definition) is 2. The third-order valence-corrected chi connectivity index (χ3v) is 5.08. The Morgan fingerprint density at radius 2 is 1.80 bits per heavy atom. The second kappa shape index (κ2) is 6.48. The minimum atomic E-state index is 0.457. The largest absolute Gasteiger partial charge is 0.497 e. The van der Waals surface area contributed by atoms with Crippen LogP contribution < -0.4 is 15.0 Å². The topological polar surface area (TPSA) is 64.1 Å². The molecule has 1 aromatic carbocycles. The average molecular weight is 337 g/mol. The summed E-state index contributed by atoms with van der Waals surface area (Å²) >= 11 is 0. The SMILES string of the molecule is COc1ccc(-c2nc(C3CC(C)NC(C)C3)c3[nH]ccc3[nH+]2)cc1. The molecule has 0 amide bonds. The van der Waals surface area contributed by atoms with E-state index in [1.165, 1.54) is 5.69 Å². The molecule has 5 heteroatoms. The van der Waals surface area contributed by atoms with Crippen molar-refractivity contribution in [1.29, 1.82) is 0 Å². The zero-order valence-electron chi connectivity index (χ0n) is 15.0. The number of nitrogens with one attached hydrogen (secondary N) is 3. The Morgan fingerprint density at radius 1 is 1.08 bits per heavy atom. The summed E-state index contributed by atoms with van der Waals surface area (Å²) in [5, 5.41) is 3.62. The minimum absolute atomic E-state index is 0.457. The highest BCUT2D eigenvalue weighted by atomic mass is 16.5. The van der Waals surface area contributed by atoms with Gasteiger partial charge in [0.15, 0.2) is 11.2 Å². The summed E-state index contributed by atoms with van der Waals surface area (Å²) in [5.41, 5.74) is 4.48. The van der Waals surface area contributed by atoms with E-state index < -0.39 is 0 Å². The van der Waals surface area contributed by atoms with Gasteiger partial charge in [0, 0.05) is 30.3 Å². The molecule has 2 atom stereocenters. The molecule has 3 N–H and O–H groups in total. The summed E-state index contributed by atoms with van der Waals surface area (Å²) < 4.78 is 5.26. The van der Waals surface area contributed by atoms with Crippen LogP contribution >= 0.6 is 0 Å². The van der Waals surface area contributed by atoms with Gasteiger partial charge < -0.3 is 15.0 Å². The Balaban J connectivity index is 1.79. The molecule has 1 aliphatic heterocycles. The molecule has 5 nitrogen and oxygen atoms in total. The zero-order valence-corrected chi connectivity index (χ0v) is 15.0. The quantitative estimate of drug-likeness (QED) is 0.771. The number of aromatic amines is 2. The van der Waals surface area contributed by atoms with Crippen LogP contribution in [0, 0.1) is 0 Å². The van der Waals surface area contributed by atoms with Gasteiger partial charge in [-0.2, -0.15) is 0 Å². The molecule has 130 valence electrons. The normalized spacial score (nSPS) is 23.7. The van der Waals surface area contributed by atoms with Crippen molar-refractivity contribution in [3.05, 3.63) is 42.2 Å². The van der Waals surface area contributed by atoms with E-state index in [1.807, 2.05) is 30.5 Å². The van der Waals surface area contributed by atoms with Crippen LogP contribution in [0.1, 0.15) is 38.3 Å². The van der Waals surface area contributed by atoms with Crippen molar-refractivity contribution in [3.8, 4) is 17.1 Å². The molecule has 0 radical (unpaired) electrons. The van der Waals surface area contributed by atoms with Gasteiger partial charge in [0.1, 0.15) is 11.3 Å². The summed E-state index contributed by atoms with van der Waals surface area (Å²) in [6, 6.07) is 11.1. The highest BCUT2D eigenvalue weighted by Gasteiger charge is 2.31. The first-order valence-electron chi connectivity index (χ1n) is 8.95. The molecule has 3 aromatic rings. The van der Waals surface area contributed by atoms with Crippen LogP contribution in [0.2, 0.25) is 0 Å². The minimum Gasteiger partial charge on any atom is -0.497 e. The van der Waals surface area contributed by atoms with Gasteiger partial charge in [-0.1, -0.05) is 0 Å². The number of piperidine rings is 1. The van der Waals surface area contributed by atoms with E-state index in [2.05, 4.69) is 35.2 Å². The molecule has 2 aromatic heterocycles. The molecular formula is C20H25N4O+. The van der Waals surface area contributed by atoms with E-state index in [-0.39, 0.29) is 0 Å². The van der Waals surface area contributed by atoms with Gasteiger partial charge in [0.05, 0.1) is 12.7 Å². The van der Waals surface area contributed by atoms with Crippen molar-refractivity contribution in [1.82, 2.24) is 15.3 Å². The molecule has 1 fully saturated rings. The number of aromatic nitrogens is 3. The molecule has 0 bridgehead atoms. The first-order chi connectivity index (χ1) is 12.1. The fraction of sp³-hybridized carbons (Fsp3) is 0.400. The second-order valence-corrected chi connectivity index (χ2v) is 7.10. The van der Waals surface area contributed by atoms with E-state index in [4.69, 9.17) is 9.72 Å². The highest BCUT2D eigenvalue weighted by molar-refractivity contribution is 5.76. The maximum absolute atomic E-state index is 5.26. The molecule has 2 unspecified atom stereocenters. The third-order valence-electron chi connectivity index (χ3n) is 5.08. The summed E-state index contributed by atoms with van der Waals surface area (Å²) in [7, 11) is 1.68. The van der Waals surface area contributed by atoms with E-state index in [0.717, 1.165) is 41.0 Å². The van der Waals surface area contributed by atoms with Crippen molar-refractivity contribution < 1.29 is 9.72 Å². The Labute approximate surface area is 147 Å². The number of fused-ring (bicyclic) bond motifs is 1. The number of H-pyrrole nitrogens is 2. The van der Waals surface area contributed by atoms with Crippen molar-refractivity contribution in [2.24, 2.45) is 0 Å². The van der Waals surface area contributed by atoms with Gasteiger partial charge in [-0.3, -0.25) is 0 Å². The van der Waals surface area contributed by atoms with Crippen LogP contribution in [0.15, 0.2) is 36.5 Å². The highest BCUT2D eigenvalue weighted by Crippen LogP contribution is 2.33. The predicted molar refractivity (Wildman–Crippen MR) is 98.7 cm³/mol. The number of nitrogens with zero attached hydrogens (tertiary/aromatic N) is 1. The first-order valence-corrected chi connectivity index (χ1v) is 8.95. The van der Waals surface area contributed by atoms with Gasteiger partial charge >= 0.3 is 5.82 Å². The van der Waals surface area contributed by atoms with E-state index in [9.17, 15) is 0 Å². The Kier molecular flexibility index (Phi) is 4.17. The average Bonchev–Trinajstić information content (AvgIpc) is 3.08. The number of rotatable bonds is 3. The molecule has 25 heavy (non-hydrogen) atoms. The van der Waals surface area contributed by atoms with Crippen molar-refractivity contribution in [3.63, 3.8) is 0 Å².